The standard InChI is InChI=1S/C24H35N3O4/c1-17(2)27(23(30)31)20-6-4-18(5-7-20)25-14-3-12-24(16-25)13-15-26(22(24)29)19-8-10-21(28)11-9-19/h4-7,17,19,21,28H,3,8-16H2,1-2H3,(H,30,31). The van der Waals surface area contributed by atoms with Crippen LogP contribution in [0, 0.1) is 5.41 Å². The number of anilines is 2. The number of amides is 2. The van der Waals surface area contributed by atoms with Gasteiger partial charge in [-0.15, -0.1) is 0 Å². The van der Waals surface area contributed by atoms with Gasteiger partial charge in [-0.2, -0.15) is 0 Å². The van der Waals surface area contributed by atoms with E-state index in [1.807, 2.05) is 38.1 Å². The Hall–Kier alpha value is -2.28. The molecule has 1 aromatic rings. The number of rotatable bonds is 4. The Morgan fingerprint density at radius 1 is 1.10 bits per heavy atom. The summed E-state index contributed by atoms with van der Waals surface area (Å²) in [5.41, 5.74) is 1.41. The summed E-state index contributed by atoms with van der Waals surface area (Å²) >= 11 is 0. The minimum absolute atomic E-state index is 0.135. The Labute approximate surface area is 184 Å². The highest BCUT2D eigenvalue weighted by molar-refractivity contribution is 5.87. The van der Waals surface area contributed by atoms with E-state index in [0.717, 1.165) is 70.3 Å². The molecule has 2 N–H and O–H groups in total. The maximum Gasteiger partial charge on any atom is 0.412 e. The Morgan fingerprint density at radius 3 is 2.39 bits per heavy atom. The first-order chi connectivity index (χ1) is 14.8. The second-order valence-corrected chi connectivity index (χ2v) is 9.78. The quantitative estimate of drug-likeness (QED) is 0.762. The number of hydrogen-bond acceptors (Lipinski definition) is 4. The first-order valence-electron chi connectivity index (χ1n) is 11.7. The Bertz CT molecular complexity index is 804. The number of carbonyl (C=O) groups excluding carboxylic acids is 1. The zero-order valence-corrected chi connectivity index (χ0v) is 18.7. The lowest BCUT2D eigenvalue weighted by Gasteiger charge is -2.41. The van der Waals surface area contributed by atoms with E-state index in [4.69, 9.17) is 0 Å². The second-order valence-electron chi connectivity index (χ2n) is 9.78. The predicted octanol–water partition coefficient (Wildman–Crippen LogP) is 3.70. The fourth-order valence-electron chi connectivity index (χ4n) is 5.75. The molecule has 1 atom stereocenters. The lowest BCUT2D eigenvalue weighted by atomic mass is 9.78. The first-order valence-corrected chi connectivity index (χ1v) is 11.7. The summed E-state index contributed by atoms with van der Waals surface area (Å²) in [6, 6.07) is 7.83. The number of piperidine rings is 1. The van der Waals surface area contributed by atoms with E-state index < -0.39 is 6.09 Å². The summed E-state index contributed by atoms with van der Waals surface area (Å²) < 4.78 is 0. The average molecular weight is 430 g/mol. The molecule has 2 amide bonds. The molecule has 4 rings (SSSR count). The maximum atomic E-state index is 13.5. The van der Waals surface area contributed by atoms with Gasteiger partial charge in [-0.3, -0.25) is 9.69 Å². The van der Waals surface area contributed by atoms with Crippen molar-refractivity contribution < 1.29 is 19.8 Å². The largest absolute Gasteiger partial charge is 0.465 e. The van der Waals surface area contributed by atoms with Crippen molar-refractivity contribution in [3.8, 4) is 0 Å². The number of carboxylic acid groups (broad SMARTS) is 1. The average Bonchev–Trinajstić information content (AvgIpc) is 3.04. The maximum absolute atomic E-state index is 13.5. The third-order valence-corrected chi connectivity index (χ3v) is 7.45. The smallest absolute Gasteiger partial charge is 0.412 e. The molecule has 31 heavy (non-hydrogen) atoms. The van der Waals surface area contributed by atoms with Gasteiger partial charge in [0, 0.05) is 43.1 Å². The molecular formula is C24H35N3O4. The molecule has 1 aromatic carbocycles. The molecule has 2 saturated heterocycles. The summed E-state index contributed by atoms with van der Waals surface area (Å²) in [5.74, 6) is 0.298. The van der Waals surface area contributed by atoms with Crippen molar-refractivity contribution in [2.75, 3.05) is 29.4 Å². The van der Waals surface area contributed by atoms with Crippen molar-refractivity contribution >= 4 is 23.4 Å². The zero-order valence-electron chi connectivity index (χ0n) is 18.7. The number of nitrogens with zero attached hydrogens (tertiary/aromatic N) is 3. The van der Waals surface area contributed by atoms with Gasteiger partial charge in [0.1, 0.15) is 0 Å². The lowest BCUT2D eigenvalue weighted by molar-refractivity contribution is -0.139. The SMILES string of the molecule is CC(C)N(C(=O)O)c1ccc(N2CCCC3(CCN(C4CCC(O)CC4)C3=O)C2)cc1. The lowest BCUT2D eigenvalue weighted by Crippen LogP contribution is -2.50. The van der Waals surface area contributed by atoms with Crippen LogP contribution in [0.2, 0.25) is 0 Å². The van der Waals surface area contributed by atoms with Crippen LogP contribution in [0.5, 0.6) is 0 Å². The van der Waals surface area contributed by atoms with E-state index >= 15 is 0 Å². The number of likely N-dealkylation sites (tertiary alicyclic amines) is 1. The molecule has 3 fully saturated rings. The van der Waals surface area contributed by atoms with Crippen molar-refractivity contribution in [3.05, 3.63) is 24.3 Å². The zero-order chi connectivity index (χ0) is 22.2. The van der Waals surface area contributed by atoms with Crippen LogP contribution >= 0.6 is 0 Å². The third kappa shape index (κ3) is 4.25. The molecule has 0 bridgehead atoms. The molecule has 3 aliphatic rings. The van der Waals surface area contributed by atoms with E-state index in [9.17, 15) is 19.8 Å². The van der Waals surface area contributed by atoms with Gasteiger partial charge >= 0.3 is 6.09 Å². The van der Waals surface area contributed by atoms with Gasteiger partial charge in [0.25, 0.3) is 0 Å². The molecule has 7 nitrogen and oxygen atoms in total. The van der Waals surface area contributed by atoms with Crippen LogP contribution in [0.4, 0.5) is 16.2 Å². The summed E-state index contributed by atoms with van der Waals surface area (Å²) in [6.45, 7) is 6.19. The van der Waals surface area contributed by atoms with Gasteiger partial charge in [0.15, 0.2) is 0 Å². The molecule has 1 unspecified atom stereocenters. The highest BCUT2D eigenvalue weighted by Crippen LogP contribution is 2.43. The van der Waals surface area contributed by atoms with Gasteiger partial charge in [-0.1, -0.05) is 0 Å². The van der Waals surface area contributed by atoms with E-state index in [1.54, 1.807) is 0 Å². The fraction of sp³-hybridized carbons (Fsp3) is 0.667. The molecule has 7 heteroatoms. The molecule has 1 spiro atoms. The van der Waals surface area contributed by atoms with Crippen LogP contribution in [0.25, 0.3) is 0 Å². The minimum atomic E-state index is -0.952. The van der Waals surface area contributed by atoms with Gasteiger partial charge in [-0.25, -0.2) is 4.79 Å². The van der Waals surface area contributed by atoms with Gasteiger partial charge in [-0.05, 0) is 83.1 Å². The fourth-order valence-corrected chi connectivity index (χ4v) is 5.75. The molecule has 170 valence electrons. The topological polar surface area (TPSA) is 84.3 Å². The first kappa shape index (κ1) is 21.9. The van der Waals surface area contributed by atoms with Crippen LogP contribution in [-0.2, 0) is 4.79 Å². The molecule has 1 saturated carbocycles. The Kier molecular flexibility index (Phi) is 6.15. The summed E-state index contributed by atoms with van der Waals surface area (Å²) in [6.07, 6.45) is 5.07. The van der Waals surface area contributed by atoms with Crippen molar-refractivity contribution in [1.82, 2.24) is 4.90 Å². The third-order valence-electron chi connectivity index (χ3n) is 7.45. The number of hydrogen-bond donors (Lipinski definition) is 2. The van der Waals surface area contributed by atoms with Crippen LogP contribution < -0.4 is 9.80 Å². The van der Waals surface area contributed by atoms with E-state index in [2.05, 4.69) is 9.80 Å². The van der Waals surface area contributed by atoms with Gasteiger partial charge in [0.2, 0.25) is 5.91 Å². The number of benzene rings is 1. The number of aliphatic hydroxyl groups excluding tert-OH is 1. The normalized spacial score (nSPS) is 29.1. The summed E-state index contributed by atoms with van der Waals surface area (Å²) in [7, 11) is 0. The summed E-state index contributed by atoms with van der Waals surface area (Å²) in [4.78, 5) is 30.8. The second kappa shape index (κ2) is 8.69. The van der Waals surface area contributed by atoms with Crippen LogP contribution in [-0.4, -0.2) is 64.9 Å². The van der Waals surface area contributed by atoms with Gasteiger partial charge < -0.3 is 20.0 Å². The molecule has 2 heterocycles. The monoisotopic (exact) mass is 429 g/mol. The van der Waals surface area contributed by atoms with Crippen molar-refractivity contribution in [2.45, 2.75) is 77.0 Å². The molecular weight excluding hydrogens is 394 g/mol. The van der Waals surface area contributed by atoms with Crippen LogP contribution in [0.15, 0.2) is 24.3 Å². The molecule has 0 radical (unpaired) electrons. The minimum Gasteiger partial charge on any atom is -0.465 e. The van der Waals surface area contributed by atoms with Gasteiger partial charge in [0.05, 0.1) is 11.5 Å². The molecule has 0 aromatic heterocycles. The Balaban J connectivity index is 1.46. The van der Waals surface area contributed by atoms with Crippen molar-refractivity contribution in [3.63, 3.8) is 0 Å². The van der Waals surface area contributed by atoms with Crippen molar-refractivity contribution in [2.24, 2.45) is 5.41 Å². The molecule has 1 aliphatic carbocycles. The summed E-state index contributed by atoms with van der Waals surface area (Å²) in [5, 5.41) is 19.3. The number of carbonyl (C=O) groups is 2. The van der Waals surface area contributed by atoms with E-state index in [1.165, 1.54) is 4.90 Å². The van der Waals surface area contributed by atoms with E-state index in [-0.39, 0.29) is 23.6 Å². The van der Waals surface area contributed by atoms with E-state index in [0.29, 0.717) is 11.6 Å². The van der Waals surface area contributed by atoms with Crippen LogP contribution in [0.1, 0.15) is 58.8 Å². The highest BCUT2D eigenvalue weighted by atomic mass is 16.4. The number of aliphatic hydroxyl groups is 1. The Morgan fingerprint density at radius 2 is 1.77 bits per heavy atom. The molecule has 2 aliphatic heterocycles. The highest BCUT2D eigenvalue weighted by Gasteiger charge is 2.50. The predicted molar refractivity (Wildman–Crippen MR) is 121 cm³/mol. The van der Waals surface area contributed by atoms with Crippen molar-refractivity contribution in [1.29, 1.82) is 0 Å². The van der Waals surface area contributed by atoms with Crippen LogP contribution in [0.3, 0.4) is 0 Å².